The van der Waals surface area contributed by atoms with Gasteiger partial charge in [-0.25, -0.2) is 4.98 Å². The average Bonchev–Trinajstić information content (AvgIpc) is 2.35. The standard InChI is InChI=1S/C13H14IN3O/c1-3-4-10-11(14)13(18)17-12(16-10)9-7-15-6-5-8(9)2/h5-7H,3-4H2,1-2H3,(H,16,17,18). The minimum absolute atomic E-state index is 0.0766. The quantitative estimate of drug-likeness (QED) is 0.862. The maximum atomic E-state index is 11.9. The summed E-state index contributed by atoms with van der Waals surface area (Å²) in [5.41, 5.74) is 2.72. The molecule has 0 amide bonds. The van der Waals surface area contributed by atoms with Crippen molar-refractivity contribution in [3.63, 3.8) is 0 Å². The molecule has 0 aliphatic rings. The Balaban J connectivity index is 2.59. The molecule has 0 saturated carbocycles. The molecule has 0 spiro atoms. The van der Waals surface area contributed by atoms with Gasteiger partial charge in [-0.2, -0.15) is 0 Å². The molecule has 0 atom stereocenters. The zero-order valence-corrected chi connectivity index (χ0v) is 12.5. The van der Waals surface area contributed by atoms with E-state index >= 15 is 0 Å². The molecule has 0 radical (unpaired) electrons. The normalized spacial score (nSPS) is 10.6. The summed E-state index contributed by atoms with van der Waals surface area (Å²) in [4.78, 5) is 23.4. The lowest BCUT2D eigenvalue weighted by atomic mass is 10.1. The Bertz CT molecular complexity index is 622. The third-order valence-corrected chi connectivity index (χ3v) is 3.82. The van der Waals surface area contributed by atoms with Crippen molar-refractivity contribution >= 4 is 22.6 Å². The van der Waals surface area contributed by atoms with Crippen molar-refractivity contribution in [3.8, 4) is 11.4 Å². The zero-order valence-electron chi connectivity index (χ0n) is 10.3. The van der Waals surface area contributed by atoms with Crippen LogP contribution in [0.2, 0.25) is 0 Å². The van der Waals surface area contributed by atoms with Crippen LogP contribution >= 0.6 is 22.6 Å². The smallest absolute Gasteiger partial charge is 0.264 e. The molecule has 5 heteroatoms. The van der Waals surface area contributed by atoms with Crippen molar-refractivity contribution in [2.75, 3.05) is 0 Å². The van der Waals surface area contributed by atoms with Gasteiger partial charge in [0.2, 0.25) is 0 Å². The van der Waals surface area contributed by atoms with Crippen molar-refractivity contribution in [1.29, 1.82) is 0 Å². The molecule has 0 bridgehead atoms. The number of H-pyrrole nitrogens is 1. The second-order valence-electron chi connectivity index (χ2n) is 4.12. The summed E-state index contributed by atoms with van der Waals surface area (Å²) >= 11 is 2.05. The van der Waals surface area contributed by atoms with Crippen molar-refractivity contribution < 1.29 is 0 Å². The molecule has 0 fully saturated rings. The highest BCUT2D eigenvalue weighted by Gasteiger charge is 2.11. The Hall–Kier alpha value is -1.24. The molecular weight excluding hydrogens is 341 g/mol. The van der Waals surface area contributed by atoms with Gasteiger partial charge in [0.05, 0.1) is 9.26 Å². The molecule has 2 aromatic heterocycles. The number of aromatic amines is 1. The van der Waals surface area contributed by atoms with Crippen molar-refractivity contribution in [2.45, 2.75) is 26.7 Å². The van der Waals surface area contributed by atoms with E-state index in [1.165, 1.54) is 0 Å². The van der Waals surface area contributed by atoms with Crippen LogP contribution in [0.1, 0.15) is 24.6 Å². The van der Waals surface area contributed by atoms with E-state index in [0.717, 1.165) is 29.7 Å². The lowest BCUT2D eigenvalue weighted by Crippen LogP contribution is -2.16. The van der Waals surface area contributed by atoms with Gasteiger partial charge in [0.25, 0.3) is 5.56 Å². The SMILES string of the molecule is CCCc1nc(-c2cnccc2C)[nH]c(=O)c1I. The van der Waals surface area contributed by atoms with Crippen LogP contribution in [0, 0.1) is 10.5 Å². The second-order valence-corrected chi connectivity index (χ2v) is 5.19. The molecule has 18 heavy (non-hydrogen) atoms. The van der Waals surface area contributed by atoms with Crippen molar-refractivity contribution in [2.24, 2.45) is 0 Å². The van der Waals surface area contributed by atoms with Gasteiger partial charge >= 0.3 is 0 Å². The monoisotopic (exact) mass is 355 g/mol. The van der Waals surface area contributed by atoms with Gasteiger partial charge in [-0.3, -0.25) is 9.78 Å². The van der Waals surface area contributed by atoms with Gasteiger partial charge in [-0.05, 0) is 47.6 Å². The molecule has 1 N–H and O–H groups in total. The lowest BCUT2D eigenvalue weighted by Gasteiger charge is -2.07. The van der Waals surface area contributed by atoms with E-state index in [1.807, 2.05) is 13.0 Å². The molecule has 2 rings (SSSR count). The van der Waals surface area contributed by atoms with E-state index in [0.29, 0.717) is 9.39 Å². The number of nitrogens with one attached hydrogen (secondary N) is 1. The van der Waals surface area contributed by atoms with E-state index in [1.54, 1.807) is 12.4 Å². The molecule has 0 aromatic carbocycles. The largest absolute Gasteiger partial charge is 0.306 e. The number of hydrogen-bond donors (Lipinski definition) is 1. The summed E-state index contributed by atoms with van der Waals surface area (Å²) in [6.07, 6.45) is 5.25. The van der Waals surface area contributed by atoms with E-state index in [4.69, 9.17) is 0 Å². The van der Waals surface area contributed by atoms with E-state index in [2.05, 4.69) is 44.5 Å². The van der Waals surface area contributed by atoms with Crippen molar-refractivity contribution in [3.05, 3.63) is 43.6 Å². The number of hydrogen-bond acceptors (Lipinski definition) is 3. The first-order valence-electron chi connectivity index (χ1n) is 5.83. The van der Waals surface area contributed by atoms with Crippen LogP contribution in [0.25, 0.3) is 11.4 Å². The highest BCUT2D eigenvalue weighted by atomic mass is 127. The van der Waals surface area contributed by atoms with Gasteiger partial charge in [-0.1, -0.05) is 13.3 Å². The molecule has 0 saturated heterocycles. The summed E-state index contributed by atoms with van der Waals surface area (Å²) in [6, 6.07) is 1.91. The van der Waals surface area contributed by atoms with Crippen molar-refractivity contribution in [1.82, 2.24) is 15.0 Å². The van der Waals surface area contributed by atoms with Gasteiger partial charge in [0.15, 0.2) is 0 Å². The second kappa shape index (κ2) is 5.60. The van der Waals surface area contributed by atoms with Gasteiger partial charge in [0, 0.05) is 18.0 Å². The molecular formula is C13H14IN3O. The van der Waals surface area contributed by atoms with Crippen LogP contribution in [-0.4, -0.2) is 15.0 Å². The highest BCUT2D eigenvalue weighted by molar-refractivity contribution is 14.1. The number of pyridine rings is 1. The summed E-state index contributed by atoms with van der Waals surface area (Å²) in [6.45, 7) is 4.06. The molecule has 0 aliphatic heterocycles. The number of halogens is 1. The summed E-state index contributed by atoms with van der Waals surface area (Å²) in [5, 5.41) is 0. The van der Waals surface area contributed by atoms with Crippen LogP contribution < -0.4 is 5.56 Å². The number of aromatic nitrogens is 3. The van der Waals surface area contributed by atoms with E-state index in [9.17, 15) is 4.79 Å². The Morgan fingerprint density at radius 3 is 2.89 bits per heavy atom. The van der Waals surface area contributed by atoms with E-state index < -0.39 is 0 Å². The average molecular weight is 355 g/mol. The molecule has 4 nitrogen and oxygen atoms in total. The van der Waals surface area contributed by atoms with Crippen LogP contribution in [0.5, 0.6) is 0 Å². The summed E-state index contributed by atoms with van der Waals surface area (Å²) in [7, 11) is 0. The third kappa shape index (κ3) is 2.60. The first kappa shape index (κ1) is 13.2. The maximum absolute atomic E-state index is 11.9. The molecule has 2 aromatic rings. The predicted molar refractivity (Wildman–Crippen MR) is 79.5 cm³/mol. The predicted octanol–water partition coefficient (Wildman–Crippen LogP) is 2.70. The fourth-order valence-corrected chi connectivity index (χ4v) is 2.27. The van der Waals surface area contributed by atoms with E-state index in [-0.39, 0.29) is 5.56 Å². The fourth-order valence-electron chi connectivity index (χ4n) is 1.75. The Morgan fingerprint density at radius 2 is 2.22 bits per heavy atom. The van der Waals surface area contributed by atoms with Gasteiger partial charge in [-0.15, -0.1) is 0 Å². The first-order valence-corrected chi connectivity index (χ1v) is 6.91. The molecule has 2 heterocycles. The van der Waals surface area contributed by atoms with Gasteiger partial charge in [0.1, 0.15) is 5.82 Å². The molecule has 0 aliphatic carbocycles. The zero-order chi connectivity index (χ0) is 13.1. The van der Waals surface area contributed by atoms with Crippen LogP contribution in [-0.2, 0) is 6.42 Å². The van der Waals surface area contributed by atoms with Crippen LogP contribution in [0.3, 0.4) is 0 Å². The third-order valence-electron chi connectivity index (χ3n) is 2.71. The Kier molecular flexibility index (Phi) is 4.11. The minimum Gasteiger partial charge on any atom is -0.306 e. The Labute approximate surface area is 119 Å². The van der Waals surface area contributed by atoms with Gasteiger partial charge < -0.3 is 4.98 Å². The minimum atomic E-state index is -0.0766. The highest BCUT2D eigenvalue weighted by Crippen LogP contribution is 2.18. The van der Waals surface area contributed by atoms with Crippen LogP contribution in [0.4, 0.5) is 0 Å². The lowest BCUT2D eigenvalue weighted by molar-refractivity contribution is 0.859. The number of rotatable bonds is 3. The maximum Gasteiger partial charge on any atom is 0.264 e. The Morgan fingerprint density at radius 1 is 1.44 bits per heavy atom. The topological polar surface area (TPSA) is 58.6 Å². The molecule has 94 valence electrons. The fraction of sp³-hybridized carbons (Fsp3) is 0.308. The van der Waals surface area contributed by atoms with Crippen LogP contribution in [0.15, 0.2) is 23.3 Å². The summed E-state index contributed by atoms with van der Waals surface area (Å²) in [5.74, 6) is 0.606. The first-order chi connectivity index (χ1) is 8.63. The number of aryl methyl sites for hydroxylation is 2. The summed E-state index contributed by atoms with van der Waals surface area (Å²) < 4.78 is 0.680. The number of nitrogens with zero attached hydrogens (tertiary/aromatic N) is 2. The molecule has 0 unspecified atom stereocenters.